The molecule has 0 unspecified atom stereocenters. The van der Waals surface area contributed by atoms with Crippen LogP contribution in [0.2, 0.25) is 0 Å². The van der Waals surface area contributed by atoms with Crippen molar-refractivity contribution in [1.82, 2.24) is 24.4 Å². The van der Waals surface area contributed by atoms with E-state index < -0.39 is 0 Å². The summed E-state index contributed by atoms with van der Waals surface area (Å²) in [5.74, 6) is 2.12. The van der Waals surface area contributed by atoms with E-state index >= 15 is 0 Å². The number of ether oxygens (including phenoxy) is 2. The summed E-state index contributed by atoms with van der Waals surface area (Å²) in [6, 6.07) is 23.5. The lowest BCUT2D eigenvalue weighted by Gasteiger charge is -2.08. The van der Waals surface area contributed by atoms with Crippen molar-refractivity contribution in [2.75, 3.05) is 13.2 Å². The molecule has 0 spiro atoms. The summed E-state index contributed by atoms with van der Waals surface area (Å²) < 4.78 is 15.0. The summed E-state index contributed by atoms with van der Waals surface area (Å²) in [5.41, 5.74) is 5.07. The highest BCUT2D eigenvalue weighted by molar-refractivity contribution is 7.15. The fourth-order valence-corrected chi connectivity index (χ4v) is 5.41. The minimum absolute atomic E-state index is 0.217. The summed E-state index contributed by atoms with van der Waals surface area (Å²) in [6.45, 7) is 7.13. The molecule has 200 valence electrons. The number of hydrogen-bond donors (Lipinski definition) is 0. The molecule has 0 aliphatic carbocycles. The van der Waals surface area contributed by atoms with E-state index in [1.54, 1.807) is 0 Å². The molecule has 0 radical (unpaired) electrons. The Morgan fingerprint density at radius 3 is 2.35 bits per heavy atom. The quantitative estimate of drug-likeness (QED) is 0.255. The van der Waals surface area contributed by atoms with Crippen molar-refractivity contribution in [3.63, 3.8) is 0 Å². The Bertz CT molecular complexity index is 1910. The van der Waals surface area contributed by atoms with Gasteiger partial charge in [0.15, 0.2) is 5.82 Å². The van der Waals surface area contributed by atoms with Gasteiger partial charge in [0, 0.05) is 22.9 Å². The van der Waals surface area contributed by atoms with Crippen LogP contribution in [-0.4, -0.2) is 37.6 Å². The predicted octanol–water partition coefficient (Wildman–Crippen LogP) is 5.32. The maximum atomic E-state index is 13.4. The van der Waals surface area contributed by atoms with Crippen LogP contribution >= 0.6 is 11.3 Å². The predicted molar refractivity (Wildman–Crippen MR) is 157 cm³/mol. The van der Waals surface area contributed by atoms with Gasteiger partial charge < -0.3 is 9.47 Å². The molecule has 6 aromatic rings. The molecule has 3 aromatic heterocycles. The van der Waals surface area contributed by atoms with Gasteiger partial charge in [-0.05, 0) is 87.0 Å². The van der Waals surface area contributed by atoms with E-state index in [4.69, 9.17) is 14.6 Å². The first-order valence-electron chi connectivity index (χ1n) is 13.1. The summed E-state index contributed by atoms with van der Waals surface area (Å²) in [7, 11) is 0. The second-order valence-corrected chi connectivity index (χ2v) is 10.1. The average Bonchev–Trinajstić information content (AvgIpc) is 3.66. The molecule has 3 aromatic carbocycles. The van der Waals surface area contributed by atoms with Gasteiger partial charge in [0.1, 0.15) is 17.2 Å². The SMILES string of the molecule is CCOc1ccc(-c2nc3s/c(=C\c4cn(-c5ccccc5)nc4-c4ccc(OCC)c(C)c4)c(=O)n3n2)cc1. The molecule has 0 atom stereocenters. The first-order valence-corrected chi connectivity index (χ1v) is 13.9. The molecule has 0 N–H and O–H groups in total. The summed E-state index contributed by atoms with van der Waals surface area (Å²) >= 11 is 1.31. The highest BCUT2D eigenvalue weighted by Gasteiger charge is 2.16. The maximum absolute atomic E-state index is 13.4. The van der Waals surface area contributed by atoms with E-state index in [0.29, 0.717) is 28.5 Å². The van der Waals surface area contributed by atoms with Crippen LogP contribution in [0.1, 0.15) is 25.0 Å². The fraction of sp³-hybridized carbons (Fsp3) is 0.161. The highest BCUT2D eigenvalue weighted by Crippen LogP contribution is 2.29. The van der Waals surface area contributed by atoms with Gasteiger partial charge in [0.25, 0.3) is 5.56 Å². The second-order valence-electron chi connectivity index (χ2n) is 9.13. The number of aryl methyl sites for hydroxylation is 1. The summed E-state index contributed by atoms with van der Waals surface area (Å²) in [5, 5.41) is 9.41. The van der Waals surface area contributed by atoms with Crippen molar-refractivity contribution in [1.29, 1.82) is 0 Å². The van der Waals surface area contributed by atoms with Gasteiger partial charge in [0.2, 0.25) is 4.96 Å². The molecule has 0 aliphatic rings. The molecule has 8 nitrogen and oxygen atoms in total. The normalized spacial score (nSPS) is 11.8. The lowest BCUT2D eigenvalue weighted by molar-refractivity contribution is 0.338. The Kier molecular flexibility index (Phi) is 6.88. The van der Waals surface area contributed by atoms with Gasteiger partial charge in [-0.2, -0.15) is 14.6 Å². The van der Waals surface area contributed by atoms with Crippen LogP contribution in [0.5, 0.6) is 11.5 Å². The first-order chi connectivity index (χ1) is 19.5. The topological polar surface area (TPSA) is 83.5 Å². The van der Waals surface area contributed by atoms with Gasteiger partial charge in [0.05, 0.1) is 23.4 Å². The standard InChI is InChI=1S/C31H27N5O3S/c1-4-38-25-14-11-21(12-15-25)29-32-31-36(34-29)30(37)27(40-31)18-23-19-35(24-9-7-6-8-10-24)33-28(23)22-13-16-26(39-5-2)20(3)17-22/h6-19H,4-5H2,1-3H3/b27-18-. The summed E-state index contributed by atoms with van der Waals surface area (Å²) in [6.07, 6.45) is 3.81. The Morgan fingerprint density at radius 2 is 1.65 bits per heavy atom. The van der Waals surface area contributed by atoms with Gasteiger partial charge in [-0.15, -0.1) is 5.10 Å². The van der Waals surface area contributed by atoms with E-state index in [1.165, 1.54) is 15.9 Å². The monoisotopic (exact) mass is 549 g/mol. The van der Waals surface area contributed by atoms with Gasteiger partial charge in [-0.1, -0.05) is 29.5 Å². The molecule has 0 aliphatic heterocycles. The minimum atomic E-state index is -0.217. The Morgan fingerprint density at radius 1 is 0.900 bits per heavy atom. The Hall–Kier alpha value is -4.76. The number of aromatic nitrogens is 5. The van der Waals surface area contributed by atoms with Crippen molar-refractivity contribution in [2.45, 2.75) is 20.8 Å². The molecule has 0 fully saturated rings. The summed E-state index contributed by atoms with van der Waals surface area (Å²) in [4.78, 5) is 18.6. The van der Waals surface area contributed by atoms with Crippen molar-refractivity contribution < 1.29 is 9.47 Å². The zero-order chi connectivity index (χ0) is 27.6. The fourth-order valence-electron chi connectivity index (χ4n) is 4.51. The number of para-hydroxylation sites is 1. The van der Waals surface area contributed by atoms with Crippen molar-refractivity contribution >= 4 is 22.4 Å². The molecule has 6 rings (SSSR count). The minimum Gasteiger partial charge on any atom is -0.494 e. The molecule has 0 saturated carbocycles. The van der Waals surface area contributed by atoms with E-state index in [2.05, 4.69) is 16.1 Å². The molecule has 3 heterocycles. The Balaban J connectivity index is 1.43. The maximum Gasteiger partial charge on any atom is 0.291 e. The largest absolute Gasteiger partial charge is 0.494 e. The zero-order valence-electron chi connectivity index (χ0n) is 22.4. The first kappa shape index (κ1) is 25.5. The van der Waals surface area contributed by atoms with Crippen LogP contribution in [0.15, 0.2) is 83.8 Å². The number of fused-ring (bicyclic) bond motifs is 1. The van der Waals surface area contributed by atoms with Crippen molar-refractivity contribution in [2.24, 2.45) is 0 Å². The lowest BCUT2D eigenvalue weighted by Crippen LogP contribution is -2.23. The third-order valence-electron chi connectivity index (χ3n) is 6.40. The van der Waals surface area contributed by atoms with Crippen LogP contribution in [0.4, 0.5) is 0 Å². The smallest absolute Gasteiger partial charge is 0.291 e. The highest BCUT2D eigenvalue weighted by atomic mass is 32.1. The third-order valence-corrected chi connectivity index (χ3v) is 7.36. The van der Waals surface area contributed by atoms with Crippen molar-refractivity contribution in [3.8, 4) is 39.8 Å². The van der Waals surface area contributed by atoms with Gasteiger partial charge >= 0.3 is 0 Å². The second kappa shape index (κ2) is 10.8. The number of nitrogens with zero attached hydrogens (tertiary/aromatic N) is 5. The van der Waals surface area contributed by atoms with Crippen LogP contribution in [0.3, 0.4) is 0 Å². The van der Waals surface area contributed by atoms with E-state index in [1.807, 2.05) is 104 Å². The van der Waals surface area contributed by atoms with Gasteiger partial charge in [-0.25, -0.2) is 4.68 Å². The van der Waals surface area contributed by atoms with Crippen LogP contribution in [0, 0.1) is 6.92 Å². The molecule has 0 saturated heterocycles. The molecule has 40 heavy (non-hydrogen) atoms. The molecule has 9 heteroatoms. The lowest BCUT2D eigenvalue weighted by atomic mass is 10.0. The number of hydrogen-bond acceptors (Lipinski definition) is 7. The number of benzene rings is 3. The van der Waals surface area contributed by atoms with Gasteiger partial charge in [-0.3, -0.25) is 4.79 Å². The molecule has 0 amide bonds. The zero-order valence-corrected chi connectivity index (χ0v) is 23.2. The Labute approximate surface area is 234 Å². The van der Waals surface area contributed by atoms with Crippen LogP contribution in [-0.2, 0) is 0 Å². The van der Waals surface area contributed by atoms with E-state index in [-0.39, 0.29) is 5.56 Å². The number of rotatable bonds is 8. The van der Waals surface area contributed by atoms with E-state index in [0.717, 1.165) is 45.1 Å². The van der Waals surface area contributed by atoms with E-state index in [9.17, 15) is 4.79 Å². The van der Waals surface area contributed by atoms with Crippen LogP contribution < -0.4 is 19.6 Å². The number of thiazole rings is 1. The molecule has 0 bridgehead atoms. The average molecular weight is 550 g/mol. The molecular weight excluding hydrogens is 522 g/mol. The molecular formula is C31H27N5O3S. The van der Waals surface area contributed by atoms with Crippen molar-refractivity contribution in [3.05, 3.63) is 105 Å². The van der Waals surface area contributed by atoms with Crippen LogP contribution in [0.25, 0.3) is 39.4 Å². The third kappa shape index (κ3) is 4.87.